The van der Waals surface area contributed by atoms with Crippen LogP contribution in [-0.4, -0.2) is 18.4 Å². The van der Waals surface area contributed by atoms with Gasteiger partial charge in [0.25, 0.3) is 11.8 Å². The second-order valence-electron chi connectivity index (χ2n) is 5.11. The van der Waals surface area contributed by atoms with Crippen molar-refractivity contribution >= 4 is 17.5 Å². The molecule has 0 atom stereocenters. The van der Waals surface area contributed by atoms with Crippen LogP contribution in [0.1, 0.15) is 26.3 Å². The molecule has 0 aliphatic carbocycles. The number of hydrogen-bond acceptors (Lipinski definition) is 2. The molecule has 130 valence electrons. The predicted octanol–water partition coefficient (Wildman–Crippen LogP) is 3.87. The fraction of sp³-hybridized carbons (Fsp3) is 0.111. The zero-order chi connectivity index (χ0) is 18.4. The molecule has 25 heavy (non-hydrogen) atoms. The van der Waals surface area contributed by atoms with Gasteiger partial charge in [-0.2, -0.15) is 13.2 Å². The van der Waals surface area contributed by atoms with Crippen LogP contribution < -0.4 is 10.6 Å². The maximum absolute atomic E-state index is 12.5. The van der Waals surface area contributed by atoms with Gasteiger partial charge in [-0.25, -0.2) is 0 Å². The number of benzene rings is 2. The highest BCUT2D eigenvalue weighted by Gasteiger charge is 2.29. The summed E-state index contributed by atoms with van der Waals surface area (Å²) in [5, 5.41) is 5.10. The quantitative estimate of drug-likeness (QED) is 0.806. The van der Waals surface area contributed by atoms with E-state index in [9.17, 15) is 22.8 Å². The summed E-state index contributed by atoms with van der Waals surface area (Å²) >= 11 is 0. The van der Waals surface area contributed by atoms with E-state index in [1.54, 1.807) is 6.08 Å². The third-order valence-corrected chi connectivity index (χ3v) is 3.29. The lowest BCUT2D eigenvalue weighted by Gasteiger charge is -2.09. The van der Waals surface area contributed by atoms with Crippen LogP contribution in [0.5, 0.6) is 0 Å². The van der Waals surface area contributed by atoms with Gasteiger partial charge in [0, 0.05) is 23.4 Å². The summed E-state index contributed by atoms with van der Waals surface area (Å²) in [6.07, 6.45) is -2.88. The van der Waals surface area contributed by atoms with Gasteiger partial charge in [-0.05, 0) is 48.5 Å². The fourth-order valence-corrected chi connectivity index (χ4v) is 1.99. The smallest absolute Gasteiger partial charge is 0.349 e. The lowest BCUT2D eigenvalue weighted by Crippen LogP contribution is -2.23. The largest absolute Gasteiger partial charge is 0.416 e. The van der Waals surface area contributed by atoms with Crippen molar-refractivity contribution in [3.05, 3.63) is 77.9 Å². The van der Waals surface area contributed by atoms with Gasteiger partial charge in [-0.15, -0.1) is 6.58 Å². The normalized spacial score (nSPS) is 10.8. The van der Waals surface area contributed by atoms with Gasteiger partial charge in [0.05, 0.1) is 5.56 Å². The molecule has 2 aromatic carbocycles. The molecule has 0 aliphatic rings. The zero-order valence-electron chi connectivity index (χ0n) is 13.1. The van der Waals surface area contributed by atoms with E-state index in [1.165, 1.54) is 36.4 Å². The Morgan fingerprint density at radius 3 is 1.92 bits per heavy atom. The highest BCUT2D eigenvalue weighted by molar-refractivity contribution is 6.05. The fourth-order valence-electron chi connectivity index (χ4n) is 1.99. The van der Waals surface area contributed by atoms with E-state index in [0.717, 1.165) is 12.1 Å². The van der Waals surface area contributed by atoms with Gasteiger partial charge < -0.3 is 10.6 Å². The molecule has 0 fully saturated rings. The molecule has 0 spiro atoms. The molecule has 0 aliphatic heterocycles. The zero-order valence-corrected chi connectivity index (χ0v) is 13.1. The summed E-state index contributed by atoms with van der Waals surface area (Å²) in [7, 11) is 0. The molecule has 2 amide bonds. The molecule has 0 saturated heterocycles. The Morgan fingerprint density at radius 1 is 0.920 bits per heavy atom. The van der Waals surface area contributed by atoms with Crippen LogP contribution in [-0.2, 0) is 6.18 Å². The van der Waals surface area contributed by atoms with Crippen LogP contribution in [0.2, 0.25) is 0 Å². The second-order valence-corrected chi connectivity index (χ2v) is 5.11. The minimum atomic E-state index is -4.43. The molecule has 4 nitrogen and oxygen atoms in total. The Morgan fingerprint density at radius 2 is 1.44 bits per heavy atom. The molecule has 7 heteroatoms. The van der Waals surface area contributed by atoms with Crippen LogP contribution in [0.25, 0.3) is 0 Å². The Hall–Kier alpha value is -3.09. The van der Waals surface area contributed by atoms with Crippen LogP contribution in [0.4, 0.5) is 18.9 Å². The molecule has 0 aromatic heterocycles. The van der Waals surface area contributed by atoms with Crippen molar-refractivity contribution in [3.8, 4) is 0 Å². The first-order valence-corrected chi connectivity index (χ1v) is 7.29. The van der Waals surface area contributed by atoms with Crippen molar-refractivity contribution in [2.24, 2.45) is 0 Å². The lowest BCUT2D eigenvalue weighted by atomic mass is 10.1. The minimum absolute atomic E-state index is 0.241. The van der Waals surface area contributed by atoms with E-state index in [2.05, 4.69) is 17.2 Å². The number of rotatable bonds is 5. The van der Waals surface area contributed by atoms with Crippen LogP contribution >= 0.6 is 0 Å². The number of carbonyl (C=O) groups is 2. The van der Waals surface area contributed by atoms with E-state index >= 15 is 0 Å². The molecule has 0 heterocycles. The third-order valence-electron chi connectivity index (χ3n) is 3.29. The van der Waals surface area contributed by atoms with E-state index < -0.39 is 17.6 Å². The van der Waals surface area contributed by atoms with E-state index in [1.807, 2.05) is 0 Å². The molecule has 0 radical (unpaired) electrons. The van der Waals surface area contributed by atoms with Crippen molar-refractivity contribution in [1.29, 1.82) is 0 Å². The number of carbonyl (C=O) groups excluding carboxylic acids is 2. The van der Waals surface area contributed by atoms with Gasteiger partial charge in [0.1, 0.15) is 0 Å². The first-order valence-electron chi connectivity index (χ1n) is 7.29. The van der Waals surface area contributed by atoms with Crippen molar-refractivity contribution in [2.75, 3.05) is 11.9 Å². The average molecular weight is 348 g/mol. The molecule has 0 bridgehead atoms. The molecule has 0 saturated carbocycles. The number of hydrogen-bond donors (Lipinski definition) is 2. The number of nitrogens with one attached hydrogen (secondary N) is 2. The number of anilines is 1. The Labute approximate surface area is 142 Å². The Bertz CT molecular complexity index is 766. The van der Waals surface area contributed by atoms with Gasteiger partial charge in [0.2, 0.25) is 0 Å². The molecule has 0 unspecified atom stereocenters. The summed E-state index contributed by atoms with van der Waals surface area (Å²) in [6.45, 7) is 3.82. The van der Waals surface area contributed by atoms with Gasteiger partial charge in [0.15, 0.2) is 0 Å². The molecule has 2 N–H and O–H groups in total. The summed E-state index contributed by atoms with van der Waals surface area (Å²) in [6, 6.07) is 10.0. The number of alkyl halides is 3. The molecular weight excluding hydrogens is 333 g/mol. The summed E-state index contributed by atoms with van der Waals surface area (Å²) < 4.78 is 37.5. The standard InChI is InChI=1S/C18H15F3N2O2/c1-2-11-22-16(24)12-3-5-13(6-4-12)17(25)23-15-9-7-14(8-10-15)18(19,20)21/h2-10H,1,11H2,(H,22,24)(H,23,25). The first kappa shape index (κ1) is 18.3. The second kappa shape index (κ2) is 7.65. The number of halogens is 3. The number of amides is 2. The average Bonchev–Trinajstić information content (AvgIpc) is 2.59. The maximum Gasteiger partial charge on any atom is 0.416 e. The van der Waals surface area contributed by atoms with Crippen LogP contribution in [0, 0.1) is 0 Å². The predicted molar refractivity (Wildman–Crippen MR) is 88.4 cm³/mol. The van der Waals surface area contributed by atoms with E-state index in [0.29, 0.717) is 12.1 Å². The van der Waals surface area contributed by atoms with E-state index in [4.69, 9.17) is 0 Å². The summed E-state index contributed by atoms with van der Waals surface area (Å²) in [5.41, 5.74) is 0.110. The van der Waals surface area contributed by atoms with Gasteiger partial charge in [-0.1, -0.05) is 6.08 Å². The summed E-state index contributed by atoms with van der Waals surface area (Å²) in [4.78, 5) is 23.8. The van der Waals surface area contributed by atoms with Crippen LogP contribution in [0.15, 0.2) is 61.2 Å². The molecule has 2 rings (SSSR count). The Kier molecular flexibility index (Phi) is 5.59. The van der Waals surface area contributed by atoms with Crippen LogP contribution in [0.3, 0.4) is 0 Å². The third kappa shape index (κ3) is 4.94. The topological polar surface area (TPSA) is 58.2 Å². The molecular formula is C18H15F3N2O2. The van der Waals surface area contributed by atoms with Crippen molar-refractivity contribution < 1.29 is 22.8 Å². The first-order chi connectivity index (χ1) is 11.8. The van der Waals surface area contributed by atoms with E-state index in [-0.39, 0.29) is 17.2 Å². The highest BCUT2D eigenvalue weighted by atomic mass is 19.4. The van der Waals surface area contributed by atoms with Gasteiger partial charge in [-0.3, -0.25) is 9.59 Å². The van der Waals surface area contributed by atoms with Crippen molar-refractivity contribution in [2.45, 2.75) is 6.18 Å². The SMILES string of the molecule is C=CCNC(=O)c1ccc(C(=O)Nc2ccc(C(F)(F)F)cc2)cc1. The van der Waals surface area contributed by atoms with Gasteiger partial charge >= 0.3 is 6.18 Å². The monoisotopic (exact) mass is 348 g/mol. The molecule has 2 aromatic rings. The maximum atomic E-state index is 12.5. The summed E-state index contributed by atoms with van der Waals surface area (Å²) in [5.74, 6) is -0.785. The minimum Gasteiger partial charge on any atom is -0.349 e. The highest BCUT2D eigenvalue weighted by Crippen LogP contribution is 2.29. The Balaban J connectivity index is 2.03. The lowest BCUT2D eigenvalue weighted by molar-refractivity contribution is -0.137. The van der Waals surface area contributed by atoms with Crippen molar-refractivity contribution in [1.82, 2.24) is 5.32 Å². The van der Waals surface area contributed by atoms with Crippen molar-refractivity contribution in [3.63, 3.8) is 0 Å².